The summed E-state index contributed by atoms with van der Waals surface area (Å²) >= 11 is 1.74. The number of hydrogen-bond donors (Lipinski definition) is 2. The number of Topliss-reactive ketones (excluding diaryl/α,β-unsaturated/α-hetero) is 1. The average Bonchev–Trinajstić information content (AvgIpc) is 2.77. The first-order valence-electron chi connectivity index (χ1n) is 4.50. The lowest BCUT2D eigenvalue weighted by Gasteiger charge is -2.13. The Morgan fingerprint density at radius 3 is 2.69 bits per heavy atom. The maximum atomic E-state index is 11.7. The lowest BCUT2D eigenvalue weighted by molar-refractivity contribution is -0.120. The maximum absolute atomic E-state index is 11.7. The van der Waals surface area contributed by atoms with E-state index >= 15 is 0 Å². The number of carbonyl (C=O) groups is 1. The van der Waals surface area contributed by atoms with E-state index in [4.69, 9.17) is 0 Å². The van der Waals surface area contributed by atoms with Crippen LogP contribution in [0.3, 0.4) is 0 Å². The topological polar surface area (TPSA) is 41.1 Å². The fourth-order valence-corrected chi connectivity index (χ4v) is 2.75. The van der Waals surface area contributed by atoms with Gasteiger partial charge in [-0.15, -0.1) is 24.2 Å². The van der Waals surface area contributed by atoms with Crippen molar-refractivity contribution in [2.45, 2.75) is 24.3 Å². The minimum absolute atomic E-state index is 0. The van der Waals surface area contributed by atoms with Gasteiger partial charge in [0.15, 0.2) is 5.78 Å². The quantitative estimate of drug-likeness (QED) is 0.710. The Balaban J connectivity index is 0.000000845. The van der Waals surface area contributed by atoms with Gasteiger partial charge in [0, 0.05) is 12.3 Å². The van der Waals surface area contributed by atoms with Gasteiger partial charge in [-0.3, -0.25) is 10.1 Å². The van der Waals surface area contributed by atoms with Crippen LogP contribution in [0.15, 0.2) is 0 Å². The van der Waals surface area contributed by atoms with Crippen molar-refractivity contribution in [2.24, 2.45) is 0 Å². The second-order valence-corrected chi connectivity index (χ2v) is 4.47. The molecular formula is C8H15ClN2OS. The zero-order valence-electron chi connectivity index (χ0n) is 7.41. The van der Waals surface area contributed by atoms with E-state index in [1.54, 1.807) is 11.8 Å². The van der Waals surface area contributed by atoms with E-state index in [9.17, 15) is 4.79 Å². The molecule has 0 aromatic heterocycles. The Bertz CT molecular complexity index is 161. The molecule has 2 rings (SSSR count). The first kappa shape index (κ1) is 11.3. The second-order valence-electron chi connectivity index (χ2n) is 3.26. The van der Waals surface area contributed by atoms with Gasteiger partial charge in [-0.25, -0.2) is 0 Å². The summed E-state index contributed by atoms with van der Waals surface area (Å²) in [7, 11) is 0. The lowest BCUT2D eigenvalue weighted by Crippen LogP contribution is -2.41. The molecule has 0 bridgehead atoms. The van der Waals surface area contributed by atoms with Gasteiger partial charge in [0.05, 0.1) is 6.04 Å². The fourth-order valence-electron chi connectivity index (χ4n) is 1.72. The molecule has 0 saturated carbocycles. The summed E-state index contributed by atoms with van der Waals surface area (Å²) in [6, 6.07) is 0.132. The molecule has 0 aromatic carbocycles. The molecule has 2 N–H and O–H groups in total. The zero-order valence-corrected chi connectivity index (χ0v) is 9.05. The maximum Gasteiger partial charge on any atom is 0.176 e. The van der Waals surface area contributed by atoms with Crippen LogP contribution < -0.4 is 10.6 Å². The van der Waals surface area contributed by atoms with Gasteiger partial charge >= 0.3 is 0 Å². The number of nitrogens with one attached hydrogen (secondary N) is 2. The molecule has 13 heavy (non-hydrogen) atoms. The van der Waals surface area contributed by atoms with Crippen LogP contribution in [0, 0.1) is 0 Å². The molecule has 1 unspecified atom stereocenters. The van der Waals surface area contributed by atoms with E-state index in [1.165, 1.54) is 0 Å². The van der Waals surface area contributed by atoms with E-state index in [2.05, 4.69) is 10.6 Å². The molecule has 0 spiro atoms. The summed E-state index contributed by atoms with van der Waals surface area (Å²) in [5.41, 5.74) is 0. The smallest absolute Gasteiger partial charge is 0.176 e. The van der Waals surface area contributed by atoms with Gasteiger partial charge in [0.2, 0.25) is 0 Å². The standard InChI is InChI=1S/C8H14N2OS.ClH/c11-7(6-2-1-3-9-6)8-10-4-5-12-8;/h6,8-10H,1-5H2;1H/t6-,8?;/m1./s1. The van der Waals surface area contributed by atoms with Crippen LogP contribution in [0.1, 0.15) is 12.8 Å². The van der Waals surface area contributed by atoms with E-state index in [0.29, 0.717) is 5.78 Å². The summed E-state index contributed by atoms with van der Waals surface area (Å²) in [5.74, 6) is 1.43. The normalized spacial score (nSPS) is 32.9. The Morgan fingerprint density at radius 2 is 2.15 bits per heavy atom. The predicted molar refractivity (Wildman–Crippen MR) is 57.5 cm³/mol. The molecule has 0 radical (unpaired) electrons. The van der Waals surface area contributed by atoms with E-state index in [1.807, 2.05) is 0 Å². The first-order chi connectivity index (χ1) is 5.88. The number of hydrogen-bond acceptors (Lipinski definition) is 4. The minimum Gasteiger partial charge on any atom is -0.307 e. The van der Waals surface area contributed by atoms with Crippen LogP contribution in [-0.2, 0) is 4.79 Å². The van der Waals surface area contributed by atoms with Crippen molar-refractivity contribution in [1.29, 1.82) is 0 Å². The number of carbonyl (C=O) groups excluding carboxylic acids is 1. The summed E-state index contributed by atoms with van der Waals surface area (Å²) < 4.78 is 0. The van der Waals surface area contributed by atoms with Crippen molar-refractivity contribution in [1.82, 2.24) is 10.6 Å². The van der Waals surface area contributed by atoms with Crippen molar-refractivity contribution in [3.05, 3.63) is 0 Å². The highest BCUT2D eigenvalue weighted by atomic mass is 35.5. The number of ketones is 1. The molecule has 2 fully saturated rings. The number of rotatable bonds is 2. The van der Waals surface area contributed by atoms with Gasteiger partial charge in [0.1, 0.15) is 5.37 Å². The highest BCUT2D eigenvalue weighted by Gasteiger charge is 2.30. The van der Waals surface area contributed by atoms with E-state index in [0.717, 1.165) is 31.7 Å². The van der Waals surface area contributed by atoms with Crippen LogP contribution in [0.5, 0.6) is 0 Å². The third-order valence-corrected chi connectivity index (χ3v) is 3.55. The molecule has 76 valence electrons. The van der Waals surface area contributed by atoms with E-state index in [-0.39, 0.29) is 23.8 Å². The van der Waals surface area contributed by atoms with Crippen molar-refractivity contribution >= 4 is 30.0 Å². The SMILES string of the molecule is Cl.O=C(C1NCCS1)[C@H]1CCCN1. The summed E-state index contributed by atoms with van der Waals surface area (Å²) in [4.78, 5) is 11.7. The molecule has 0 aliphatic carbocycles. The van der Waals surface area contributed by atoms with Crippen LogP contribution in [0.4, 0.5) is 0 Å². The highest BCUT2D eigenvalue weighted by molar-refractivity contribution is 8.00. The third kappa shape index (κ3) is 2.59. The van der Waals surface area contributed by atoms with Crippen molar-refractivity contribution in [3.63, 3.8) is 0 Å². The number of thioether (sulfide) groups is 1. The Hall–Kier alpha value is 0.230. The summed E-state index contributed by atoms with van der Waals surface area (Å²) in [6.45, 7) is 1.99. The molecule has 0 aromatic rings. The average molecular weight is 223 g/mol. The van der Waals surface area contributed by atoms with Gasteiger partial charge in [-0.05, 0) is 19.4 Å². The number of halogens is 1. The lowest BCUT2D eigenvalue weighted by atomic mass is 10.1. The zero-order chi connectivity index (χ0) is 8.39. The molecule has 2 heterocycles. The summed E-state index contributed by atoms with van der Waals surface area (Å²) in [6.07, 6.45) is 2.17. The molecule has 2 aliphatic heterocycles. The largest absolute Gasteiger partial charge is 0.307 e. The van der Waals surface area contributed by atoms with Gasteiger partial charge < -0.3 is 5.32 Å². The third-order valence-electron chi connectivity index (χ3n) is 2.38. The fraction of sp³-hybridized carbons (Fsp3) is 0.875. The minimum atomic E-state index is 0. The van der Waals surface area contributed by atoms with Crippen LogP contribution in [0.2, 0.25) is 0 Å². The van der Waals surface area contributed by atoms with Gasteiger partial charge in [0.25, 0.3) is 0 Å². The Kier molecular flexibility index (Phi) is 4.52. The van der Waals surface area contributed by atoms with E-state index < -0.39 is 0 Å². The van der Waals surface area contributed by atoms with Crippen LogP contribution in [0.25, 0.3) is 0 Å². The van der Waals surface area contributed by atoms with Gasteiger partial charge in [-0.2, -0.15) is 0 Å². The molecule has 2 aliphatic rings. The monoisotopic (exact) mass is 222 g/mol. The predicted octanol–water partition coefficient (Wildman–Crippen LogP) is 0.392. The van der Waals surface area contributed by atoms with Crippen molar-refractivity contribution in [3.8, 4) is 0 Å². The van der Waals surface area contributed by atoms with Gasteiger partial charge in [-0.1, -0.05) is 0 Å². The molecule has 3 nitrogen and oxygen atoms in total. The molecule has 2 saturated heterocycles. The summed E-state index contributed by atoms with van der Waals surface area (Å²) in [5, 5.41) is 6.51. The molecule has 5 heteroatoms. The molecule has 0 amide bonds. The second kappa shape index (κ2) is 5.20. The first-order valence-corrected chi connectivity index (χ1v) is 5.55. The van der Waals surface area contributed by atoms with Crippen molar-refractivity contribution < 1.29 is 4.79 Å². The van der Waals surface area contributed by atoms with Crippen molar-refractivity contribution in [2.75, 3.05) is 18.8 Å². The van der Waals surface area contributed by atoms with Crippen LogP contribution >= 0.6 is 24.2 Å². The Labute approximate surface area is 88.8 Å². The molecule has 2 atom stereocenters. The van der Waals surface area contributed by atoms with Crippen LogP contribution in [-0.4, -0.2) is 36.0 Å². The highest BCUT2D eigenvalue weighted by Crippen LogP contribution is 2.18. The Morgan fingerprint density at radius 1 is 1.31 bits per heavy atom. The molecular weight excluding hydrogens is 208 g/mol.